The van der Waals surface area contributed by atoms with Crippen LogP contribution in [-0.2, 0) is 9.59 Å². The Morgan fingerprint density at radius 1 is 0.833 bits per heavy atom. The number of para-hydroxylation sites is 1. The molecule has 1 aromatic heterocycles. The Hall–Kier alpha value is -3.81. The standard InChI is InChI=1S/C27H23Cl2N3O4/c28-19-9-5-16(6-10-19)25(17-7-11-20(29)12-8-17)32-26(35)22(13-14-24(33)34)31-27(36)23-15-18-3-1-2-4-21(18)30-23/h1-12,15,22,25,30H,13-14H2,(H,31,36)(H,32,35)(H,33,34)/t22-/m0/s1. The predicted molar refractivity (Wildman–Crippen MR) is 139 cm³/mol. The Morgan fingerprint density at radius 3 is 1.97 bits per heavy atom. The highest BCUT2D eigenvalue weighted by Crippen LogP contribution is 2.25. The fourth-order valence-corrected chi connectivity index (χ4v) is 4.13. The number of benzene rings is 3. The zero-order valence-electron chi connectivity index (χ0n) is 19.0. The van der Waals surface area contributed by atoms with Gasteiger partial charge in [-0.3, -0.25) is 14.4 Å². The van der Waals surface area contributed by atoms with Crippen molar-refractivity contribution in [2.75, 3.05) is 0 Å². The Kier molecular flexibility index (Phi) is 7.93. The number of aliphatic carboxylic acids is 1. The summed E-state index contributed by atoms with van der Waals surface area (Å²) >= 11 is 12.1. The van der Waals surface area contributed by atoms with E-state index in [-0.39, 0.29) is 18.5 Å². The minimum atomic E-state index is -1.08. The van der Waals surface area contributed by atoms with Gasteiger partial charge >= 0.3 is 5.97 Å². The molecular formula is C27H23Cl2N3O4. The molecule has 0 unspecified atom stereocenters. The van der Waals surface area contributed by atoms with Gasteiger partial charge in [0.15, 0.2) is 0 Å². The van der Waals surface area contributed by atoms with Crippen LogP contribution in [0.1, 0.15) is 40.5 Å². The largest absolute Gasteiger partial charge is 0.481 e. The normalized spacial score (nSPS) is 11.9. The number of carboxylic acid groups (broad SMARTS) is 1. The third-order valence-electron chi connectivity index (χ3n) is 5.74. The quantitative estimate of drug-likeness (QED) is 0.237. The number of H-pyrrole nitrogens is 1. The summed E-state index contributed by atoms with van der Waals surface area (Å²) in [5.41, 5.74) is 2.57. The van der Waals surface area contributed by atoms with E-state index in [1.54, 1.807) is 54.6 Å². The molecule has 0 radical (unpaired) electrons. The van der Waals surface area contributed by atoms with Crippen molar-refractivity contribution in [2.45, 2.75) is 24.9 Å². The first-order valence-electron chi connectivity index (χ1n) is 11.2. The first kappa shape index (κ1) is 25.3. The second-order valence-corrected chi connectivity index (χ2v) is 9.15. The molecule has 2 amide bonds. The van der Waals surface area contributed by atoms with E-state index in [0.29, 0.717) is 10.0 Å². The number of nitrogens with one attached hydrogen (secondary N) is 3. The maximum atomic E-state index is 13.4. The fourth-order valence-electron chi connectivity index (χ4n) is 3.88. The summed E-state index contributed by atoms with van der Waals surface area (Å²) < 4.78 is 0. The molecule has 0 spiro atoms. The molecule has 4 aromatic rings. The molecule has 1 atom stereocenters. The topological polar surface area (TPSA) is 111 Å². The number of fused-ring (bicyclic) bond motifs is 1. The molecule has 0 aliphatic rings. The number of amides is 2. The lowest BCUT2D eigenvalue weighted by molar-refractivity contribution is -0.137. The fraction of sp³-hybridized carbons (Fsp3) is 0.148. The van der Waals surface area contributed by atoms with Crippen LogP contribution in [0.25, 0.3) is 10.9 Å². The molecule has 184 valence electrons. The number of hydrogen-bond donors (Lipinski definition) is 4. The van der Waals surface area contributed by atoms with Gasteiger partial charge in [-0.1, -0.05) is 65.7 Å². The average molecular weight is 524 g/mol. The molecule has 0 saturated carbocycles. The number of aromatic amines is 1. The molecule has 3 aromatic carbocycles. The van der Waals surface area contributed by atoms with Crippen LogP contribution in [-0.4, -0.2) is 33.9 Å². The number of aromatic nitrogens is 1. The van der Waals surface area contributed by atoms with E-state index in [1.165, 1.54) is 0 Å². The first-order valence-corrected chi connectivity index (χ1v) is 12.0. The van der Waals surface area contributed by atoms with E-state index in [0.717, 1.165) is 22.0 Å². The maximum Gasteiger partial charge on any atom is 0.303 e. The number of halogens is 2. The molecule has 0 saturated heterocycles. The van der Waals surface area contributed by atoms with Crippen molar-refractivity contribution in [3.05, 3.63) is 106 Å². The van der Waals surface area contributed by atoms with E-state index in [4.69, 9.17) is 23.2 Å². The van der Waals surface area contributed by atoms with Crippen molar-refractivity contribution in [3.63, 3.8) is 0 Å². The van der Waals surface area contributed by atoms with Crippen LogP contribution in [0.2, 0.25) is 10.0 Å². The van der Waals surface area contributed by atoms with Gasteiger partial charge in [0.05, 0.1) is 6.04 Å². The van der Waals surface area contributed by atoms with E-state index in [1.807, 2.05) is 24.3 Å². The zero-order valence-corrected chi connectivity index (χ0v) is 20.5. The third kappa shape index (κ3) is 6.24. The molecule has 1 heterocycles. The second-order valence-electron chi connectivity index (χ2n) is 8.27. The van der Waals surface area contributed by atoms with Gasteiger partial charge in [-0.2, -0.15) is 0 Å². The van der Waals surface area contributed by atoms with Gasteiger partial charge in [0, 0.05) is 27.4 Å². The second kappa shape index (κ2) is 11.3. The Balaban J connectivity index is 1.59. The van der Waals surface area contributed by atoms with E-state index < -0.39 is 29.9 Å². The van der Waals surface area contributed by atoms with Crippen LogP contribution in [0.15, 0.2) is 78.9 Å². The summed E-state index contributed by atoms with van der Waals surface area (Å²) in [7, 11) is 0. The lowest BCUT2D eigenvalue weighted by Gasteiger charge is -2.24. The number of carbonyl (C=O) groups is 3. The van der Waals surface area contributed by atoms with Crippen LogP contribution < -0.4 is 10.6 Å². The van der Waals surface area contributed by atoms with Gasteiger partial charge in [0.1, 0.15) is 11.7 Å². The summed E-state index contributed by atoms with van der Waals surface area (Å²) in [6.45, 7) is 0. The van der Waals surface area contributed by atoms with Gasteiger partial charge in [-0.05, 0) is 53.9 Å². The Morgan fingerprint density at radius 2 is 1.42 bits per heavy atom. The summed E-state index contributed by atoms with van der Waals surface area (Å²) in [6.07, 6.45) is -0.376. The SMILES string of the molecule is O=C(O)CC[C@H](NC(=O)c1cc2ccccc2[nH]1)C(=O)NC(c1ccc(Cl)cc1)c1ccc(Cl)cc1. The Labute approximate surface area is 217 Å². The van der Waals surface area contributed by atoms with Gasteiger partial charge in [-0.15, -0.1) is 0 Å². The van der Waals surface area contributed by atoms with Crippen LogP contribution >= 0.6 is 23.2 Å². The molecule has 36 heavy (non-hydrogen) atoms. The molecular weight excluding hydrogens is 501 g/mol. The van der Waals surface area contributed by atoms with Crippen molar-refractivity contribution in [1.82, 2.24) is 15.6 Å². The van der Waals surface area contributed by atoms with E-state index in [9.17, 15) is 19.5 Å². The van der Waals surface area contributed by atoms with Crippen molar-refractivity contribution < 1.29 is 19.5 Å². The van der Waals surface area contributed by atoms with Crippen LogP contribution in [0.5, 0.6) is 0 Å². The van der Waals surface area contributed by atoms with Crippen LogP contribution in [0.3, 0.4) is 0 Å². The highest BCUT2D eigenvalue weighted by molar-refractivity contribution is 6.30. The van der Waals surface area contributed by atoms with Crippen LogP contribution in [0, 0.1) is 0 Å². The van der Waals surface area contributed by atoms with Gasteiger partial charge in [-0.25, -0.2) is 0 Å². The molecule has 4 N–H and O–H groups in total. The average Bonchev–Trinajstić information content (AvgIpc) is 3.30. The van der Waals surface area contributed by atoms with E-state index in [2.05, 4.69) is 15.6 Å². The van der Waals surface area contributed by atoms with Crippen molar-refractivity contribution in [3.8, 4) is 0 Å². The van der Waals surface area contributed by atoms with Crippen LogP contribution in [0.4, 0.5) is 0 Å². The monoisotopic (exact) mass is 523 g/mol. The lowest BCUT2D eigenvalue weighted by Crippen LogP contribution is -2.48. The number of carbonyl (C=O) groups excluding carboxylic acids is 2. The molecule has 0 aliphatic carbocycles. The molecule has 0 fully saturated rings. The van der Waals surface area contributed by atoms with Gasteiger partial charge < -0.3 is 20.7 Å². The highest BCUT2D eigenvalue weighted by Gasteiger charge is 2.26. The number of carboxylic acids is 1. The lowest BCUT2D eigenvalue weighted by atomic mass is 9.98. The summed E-state index contributed by atoms with van der Waals surface area (Å²) in [4.78, 5) is 40.7. The van der Waals surface area contributed by atoms with Crippen molar-refractivity contribution in [1.29, 1.82) is 0 Å². The minimum absolute atomic E-state index is 0.0823. The number of hydrogen-bond acceptors (Lipinski definition) is 3. The zero-order chi connectivity index (χ0) is 25.7. The number of rotatable bonds is 9. The Bertz CT molecular complexity index is 1310. The predicted octanol–water partition coefficient (Wildman–Crippen LogP) is 5.34. The van der Waals surface area contributed by atoms with Gasteiger partial charge in [0.2, 0.25) is 5.91 Å². The molecule has 9 heteroatoms. The third-order valence-corrected chi connectivity index (χ3v) is 6.24. The van der Waals surface area contributed by atoms with E-state index >= 15 is 0 Å². The summed E-state index contributed by atoms with van der Waals surface area (Å²) in [6, 6.07) is 21.4. The van der Waals surface area contributed by atoms with Crippen molar-refractivity contribution in [2.24, 2.45) is 0 Å². The summed E-state index contributed by atoms with van der Waals surface area (Å²) in [5.74, 6) is -2.10. The highest BCUT2D eigenvalue weighted by atomic mass is 35.5. The summed E-state index contributed by atoms with van der Waals surface area (Å²) in [5, 5.41) is 16.8. The maximum absolute atomic E-state index is 13.4. The molecule has 0 bridgehead atoms. The molecule has 4 rings (SSSR count). The molecule has 0 aliphatic heterocycles. The van der Waals surface area contributed by atoms with Crippen molar-refractivity contribution >= 4 is 51.9 Å². The van der Waals surface area contributed by atoms with Gasteiger partial charge in [0.25, 0.3) is 5.91 Å². The first-order chi connectivity index (χ1) is 17.3. The molecule has 7 nitrogen and oxygen atoms in total. The smallest absolute Gasteiger partial charge is 0.303 e. The minimum Gasteiger partial charge on any atom is -0.481 e.